The van der Waals surface area contributed by atoms with Crippen molar-refractivity contribution in [2.75, 3.05) is 25.6 Å². The van der Waals surface area contributed by atoms with Crippen LogP contribution in [0, 0.1) is 0 Å². The number of carbonyl (C=O) groups is 1. The molecule has 0 amide bonds. The molecule has 0 saturated heterocycles. The molecule has 102 valence electrons. The zero-order chi connectivity index (χ0) is 13.1. The van der Waals surface area contributed by atoms with E-state index in [9.17, 15) is 4.79 Å². The van der Waals surface area contributed by atoms with Gasteiger partial charge in [-0.1, -0.05) is 0 Å². The lowest BCUT2D eigenvalue weighted by molar-refractivity contribution is -0.130. The lowest BCUT2D eigenvalue weighted by Crippen LogP contribution is -2.46. The molecular formula is C10H22O5SSi. The van der Waals surface area contributed by atoms with Crippen molar-refractivity contribution in [2.24, 2.45) is 0 Å². The topological polar surface area (TPSA) is 54.0 Å². The van der Waals surface area contributed by atoms with Crippen LogP contribution in [0.2, 0.25) is 6.04 Å². The molecule has 0 aromatic rings. The molecule has 0 aliphatic heterocycles. The van der Waals surface area contributed by atoms with Crippen LogP contribution in [0.25, 0.3) is 0 Å². The first-order valence-electron chi connectivity index (χ1n) is 5.82. The zero-order valence-electron chi connectivity index (χ0n) is 11.0. The summed E-state index contributed by atoms with van der Waals surface area (Å²) in [5.41, 5.74) is 0. The smallest absolute Gasteiger partial charge is 0.392 e. The molecule has 0 bridgehead atoms. The van der Waals surface area contributed by atoms with Crippen LogP contribution in [0.4, 0.5) is 0 Å². The first-order chi connectivity index (χ1) is 8.10. The summed E-state index contributed by atoms with van der Waals surface area (Å²) in [5.74, 6) is 0.317. The van der Waals surface area contributed by atoms with E-state index in [1.54, 1.807) is 0 Å². The summed E-state index contributed by atoms with van der Waals surface area (Å²) in [4.78, 5) is 10.6. The molecule has 17 heavy (non-hydrogen) atoms. The summed E-state index contributed by atoms with van der Waals surface area (Å²) in [6.07, 6.45) is 0. The Morgan fingerprint density at radius 2 is 1.53 bits per heavy atom. The fourth-order valence-corrected chi connectivity index (χ4v) is 4.88. The van der Waals surface area contributed by atoms with Crippen LogP contribution >= 0.6 is 12.0 Å². The normalized spacial score (nSPS) is 11.5. The summed E-state index contributed by atoms with van der Waals surface area (Å²) >= 11 is 1.11. The fraction of sp³-hybridized carbons (Fsp3) is 0.900. The van der Waals surface area contributed by atoms with Crippen molar-refractivity contribution in [3.8, 4) is 0 Å². The van der Waals surface area contributed by atoms with E-state index in [0.29, 0.717) is 31.6 Å². The SMILES string of the molecule is CCO[Si](CCSOC(C)=O)(OCC)OCC. The Kier molecular flexibility index (Phi) is 9.85. The van der Waals surface area contributed by atoms with Crippen LogP contribution < -0.4 is 0 Å². The van der Waals surface area contributed by atoms with E-state index in [4.69, 9.17) is 17.5 Å². The van der Waals surface area contributed by atoms with Crippen molar-refractivity contribution in [3.63, 3.8) is 0 Å². The van der Waals surface area contributed by atoms with Gasteiger partial charge in [-0.3, -0.25) is 4.79 Å². The average molecular weight is 282 g/mol. The maximum absolute atomic E-state index is 10.6. The van der Waals surface area contributed by atoms with Crippen LogP contribution in [0.15, 0.2) is 0 Å². The van der Waals surface area contributed by atoms with Crippen molar-refractivity contribution < 1.29 is 22.3 Å². The van der Waals surface area contributed by atoms with Gasteiger partial charge in [-0.05, 0) is 20.8 Å². The van der Waals surface area contributed by atoms with Crippen LogP contribution in [0.3, 0.4) is 0 Å². The fourth-order valence-electron chi connectivity index (χ4n) is 1.29. The molecule has 0 spiro atoms. The third kappa shape index (κ3) is 7.77. The molecule has 0 rings (SSSR count). The van der Waals surface area contributed by atoms with Gasteiger partial charge in [-0.15, -0.1) is 0 Å². The molecule has 0 fully saturated rings. The number of hydrogen-bond donors (Lipinski definition) is 0. The summed E-state index contributed by atoms with van der Waals surface area (Å²) in [6.45, 7) is 8.81. The Morgan fingerprint density at radius 3 is 1.88 bits per heavy atom. The predicted octanol–water partition coefficient (Wildman–Crippen LogP) is 2.25. The van der Waals surface area contributed by atoms with Gasteiger partial charge in [0.1, 0.15) is 0 Å². The highest BCUT2D eigenvalue weighted by atomic mass is 32.2. The molecule has 0 atom stereocenters. The van der Waals surface area contributed by atoms with Crippen molar-refractivity contribution in [3.05, 3.63) is 0 Å². The minimum Gasteiger partial charge on any atom is -0.392 e. The quantitative estimate of drug-likeness (QED) is 0.348. The predicted molar refractivity (Wildman–Crippen MR) is 69.7 cm³/mol. The molecule has 5 nitrogen and oxygen atoms in total. The summed E-state index contributed by atoms with van der Waals surface area (Å²) in [5, 5.41) is 0. The van der Waals surface area contributed by atoms with Gasteiger partial charge in [0.15, 0.2) is 0 Å². The molecule has 0 aromatic heterocycles. The van der Waals surface area contributed by atoms with Gasteiger partial charge in [0.05, 0.1) is 12.0 Å². The zero-order valence-corrected chi connectivity index (χ0v) is 12.8. The lowest BCUT2D eigenvalue weighted by atomic mass is 10.9. The van der Waals surface area contributed by atoms with E-state index in [1.165, 1.54) is 6.92 Å². The van der Waals surface area contributed by atoms with Crippen molar-refractivity contribution in [1.82, 2.24) is 0 Å². The second-order valence-electron chi connectivity index (χ2n) is 3.13. The van der Waals surface area contributed by atoms with Gasteiger partial charge in [0, 0.05) is 38.5 Å². The van der Waals surface area contributed by atoms with Crippen LogP contribution in [0.5, 0.6) is 0 Å². The third-order valence-corrected chi connectivity index (χ3v) is 5.89. The number of carbonyl (C=O) groups excluding carboxylic acids is 1. The Bertz CT molecular complexity index is 198. The largest absolute Gasteiger partial charge is 0.501 e. The number of hydrogen-bond acceptors (Lipinski definition) is 6. The Balaban J connectivity index is 4.18. The third-order valence-electron chi connectivity index (χ3n) is 1.76. The maximum atomic E-state index is 10.6. The van der Waals surface area contributed by atoms with Crippen LogP contribution in [-0.2, 0) is 22.3 Å². The Labute approximate surface area is 109 Å². The molecule has 0 unspecified atom stereocenters. The van der Waals surface area contributed by atoms with E-state index < -0.39 is 8.80 Å². The number of rotatable bonds is 10. The molecule has 0 heterocycles. The molecule has 0 aromatic carbocycles. The van der Waals surface area contributed by atoms with Crippen LogP contribution in [-0.4, -0.2) is 40.3 Å². The van der Waals surface area contributed by atoms with E-state index in [0.717, 1.165) is 12.0 Å². The van der Waals surface area contributed by atoms with Gasteiger partial charge in [0.2, 0.25) is 0 Å². The molecule has 0 N–H and O–H groups in total. The van der Waals surface area contributed by atoms with E-state index >= 15 is 0 Å². The van der Waals surface area contributed by atoms with Gasteiger partial charge in [-0.2, -0.15) is 0 Å². The summed E-state index contributed by atoms with van der Waals surface area (Å²) in [6, 6.07) is 0.639. The maximum Gasteiger partial charge on any atom is 0.501 e. The van der Waals surface area contributed by atoms with Crippen molar-refractivity contribution in [2.45, 2.75) is 33.7 Å². The van der Waals surface area contributed by atoms with Gasteiger partial charge < -0.3 is 17.5 Å². The monoisotopic (exact) mass is 282 g/mol. The molecule has 0 aliphatic rings. The van der Waals surface area contributed by atoms with Crippen molar-refractivity contribution >= 4 is 26.8 Å². The molecule has 7 heteroatoms. The highest BCUT2D eigenvalue weighted by Gasteiger charge is 2.40. The Hall–Kier alpha value is -0.0831. The first kappa shape index (κ1) is 16.9. The van der Waals surface area contributed by atoms with Gasteiger partial charge >= 0.3 is 14.8 Å². The Morgan fingerprint density at radius 1 is 1.06 bits per heavy atom. The highest BCUT2D eigenvalue weighted by molar-refractivity contribution is 7.95. The van der Waals surface area contributed by atoms with Crippen LogP contribution in [0.1, 0.15) is 27.7 Å². The summed E-state index contributed by atoms with van der Waals surface area (Å²) < 4.78 is 21.8. The minimum absolute atomic E-state index is 0.300. The van der Waals surface area contributed by atoms with Crippen molar-refractivity contribution in [1.29, 1.82) is 0 Å². The summed E-state index contributed by atoms with van der Waals surface area (Å²) in [7, 11) is -2.58. The molecule has 0 saturated carbocycles. The molecule has 0 aliphatic carbocycles. The van der Waals surface area contributed by atoms with Gasteiger partial charge in [-0.25, -0.2) is 0 Å². The second-order valence-corrected chi connectivity index (χ2v) is 6.67. The van der Waals surface area contributed by atoms with E-state index in [1.807, 2.05) is 20.8 Å². The first-order valence-corrected chi connectivity index (χ1v) is 8.66. The van der Waals surface area contributed by atoms with Gasteiger partial charge in [0.25, 0.3) is 0 Å². The lowest BCUT2D eigenvalue weighted by Gasteiger charge is -2.28. The van der Waals surface area contributed by atoms with E-state index in [-0.39, 0.29) is 5.97 Å². The molecule has 0 radical (unpaired) electrons. The second kappa shape index (κ2) is 9.90. The average Bonchev–Trinajstić information content (AvgIpc) is 2.25. The molecular weight excluding hydrogens is 260 g/mol. The minimum atomic E-state index is -2.58. The van der Waals surface area contributed by atoms with E-state index in [2.05, 4.69) is 0 Å². The highest BCUT2D eigenvalue weighted by Crippen LogP contribution is 2.19. The standard InChI is InChI=1S/C10H22O5SSi/c1-5-12-17(13-6-2,14-7-3)9-8-16-15-10(4)11/h5-9H2,1-4H3.